The van der Waals surface area contributed by atoms with Crippen LogP contribution in [0.4, 0.5) is 37.0 Å². The normalized spacial score (nSPS) is 24.5. The molecule has 16 heteroatoms. The van der Waals surface area contributed by atoms with Crippen molar-refractivity contribution in [3.05, 3.63) is 77.0 Å². The lowest BCUT2D eigenvalue weighted by Gasteiger charge is -2.47. The van der Waals surface area contributed by atoms with Gasteiger partial charge in [0.2, 0.25) is 0 Å². The summed E-state index contributed by atoms with van der Waals surface area (Å²) in [5, 5.41) is 6.21. The number of benzene rings is 3. The number of carbonyl (C=O) groups excluding carboxylic acids is 1. The number of rotatable bonds is 9. The number of carbonyl (C=O) groups is 1. The third-order valence-electron chi connectivity index (χ3n) is 11.8. The zero-order valence-corrected chi connectivity index (χ0v) is 33.0. The lowest BCUT2D eigenvalue weighted by molar-refractivity contribution is -0.137. The molecule has 2 saturated heterocycles. The number of halogens is 6. The quantitative estimate of drug-likeness (QED) is 0.147. The number of alkyl halides is 4. The maximum Gasteiger partial charge on any atom is 0.417 e. The van der Waals surface area contributed by atoms with E-state index >= 15 is 13.2 Å². The molecule has 308 valence electrons. The van der Waals surface area contributed by atoms with Gasteiger partial charge >= 0.3 is 18.3 Å². The van der Waals surface area contributed by atoms with E-state index in [9.17, 15) is 18.0 Å². The molecule has 5 aromatic rings. The first kappa shape index (κ1) is 39.7. The number of piperazine rings is 1. The summed E-state index contributed by atoms with van der Waals surface area (Å²) in [6.45, 7) is 10.2. The van der Waals surface area contributed by atoms with Crippen LogP contribution in [0.5, 0.6) is 6.01 Å². The average molecular weight is 811 g/mol. The van der Waals surface area contributed by atoms with Gasteiger partial charge in [-0.3, -0.25) is 10.00 Å². The van der Waals surface area contributed by atoms with Crippen molar-refractivity contribution in [1.82, 2.24) is 25.1 Å². The van der Waals surface area contributed by atoms with Gasteiger partial charge in [0, 0.05) is 29.4 Å². The highest BCUT2D eigenvalue weighted by molar-refractivity contribution is 6.01. The van der Waals surface area contributed by atoms with Gasteiger partial charge in [-0.05, 0) is 84.1 Å². The van der Waals surface area contributed by atoms with Crippen LogP contribution in [0.3, 0.4) is 0 Å². The molecule has 3 aliphatic rings. The maximum absolute atomic E-state index is 17.2. The topological polar surface area (TPSA) is 106 Å². The first-order chi connectivity index (χ1) is 27.2. The van der Waals surface area contributed by atoms with E-state index in [1.807, 2.05) is 37.3 Å². The number of aromatic amines is 1. The zero-order chi connectivity index (χ0) is 41.6. The van der Waals surface area contributed by atoms with Crippen LogP contribution in [0.1, 0.15) is 70.6 Å². The summed E-state index contributed by atoms with van der Waals surface area (Å²) in [6.07, 6.45) is -3.08. The van der Waals surface area contributed by atoms with Gasteiger partial charge in [-0.2, -0.15) is 28.2 Å². The molecule has 1 aliphatic carbocycles. The minimum atomic E-state index is -4.99. The molecular weight excluding hydrogens is 766 g/mol. The SMILES string of the molecule is Cc1cc2[nH]ncc2c(-c2c(F)cc3c(N4CC5CC[C@@](C)(C4)N5C(=O)OC(C)(C)C)nc(OCC4(COCc5ccccc5)CC4(C)F)nc3c2F)c1C(F)(F)F. The number of hydrogen-bond acceptors (Lipinski definition) is 8. The molecule has 1 amide bonds. The summed E-state index contributed by atoms with van der Waals surface area (Å²) in [5.74, 6) is -2.59. The first-order valence-electron chi connectivity index (χ1n) is 19.1. The summed E-state index contributed by atoms with van der Waals surface area (Å²) in [6, 6.07) is 10.8. The largest absolute Gasteiger partial charge is 0.463 e. The lowest BCUT2D eigenvalue weighted by Crippen LogP contribution is -2.63. The van der Waals surface area contributed by atoms with Crippen molar-refractivity contribution in [3.8, 4) is 17.1 Å². The lowest BCUT2D eigenvalue weighted by atomic mass is 9.90. The highest BCUT2D eigenvalue weighted by Gasteiger charge is 2.67. The molecule has 2 bridgehead atoms. The molecule has 3 aromatic carbocycles. The monoisotopic (exact) mass is 810 g/mol. The molecule has 3 unspecified atom stereocenters. The number of nitrogens with one attached hydrogen (secondary N) is 1. The van der Waals surface area contributed by atoms with E-state index in [1.54, 1.807) is 30.6 Å². The number of anilines is 1. The molecular formula is C42H44F6N6O4. The third-order valence-corrected chi connectivity index (χ3v) is 11.8. The molecule has 10 nitrogen and oxygen atoms in total. The van der Waals surface area contributed by atoms with Crippen LogP contribution in [0, 0.1) is 24.0 Å². The van der Waals surface area contributed by atoms with E-state index in [2.05, 4.69) is 20.2 Å². The Kier molecular flexibility index (Phi) is 9.40. The Morgan fingerprint density at radius 3 is 2.40 bits per heavy atom. The Hall–Kier alpha value is -5.12. The molecule has 1 N–H and O–H groups in total. The standard InChI is InChI=1S/C42H44F6N6O4/c1-23-14-29-27(16-49-52-29)30(32(23)42(46,47)48)31-28(43)15-26-34(33(31)44)50-36(57-22-41(19-40(41,6)45)21-56-18-24-10-8-7-9-11-24)51-35(26)53-17-25-12-13-39(5,20-53)54(25)37(55)58-38(2,3)4/h7-11,14-16,25H,12-13,17-22H2,1-6H3,(H,49,52)/t25?,39-,40?,41?/m0/s1. The van der Waals surface area contributed by atoms with Gasteiger partial charge in [0.25, 0.3) is 0 Å². The van der Waals surface area contributed by atoms with E-state index in [4.69, 9.17) is 14.2 Å². The van der Waals surface area contributed by atoms with Gasteiger partial charge in [-0.25, -0.2) is 18.0 Å². The highest BCUT2D eigenvalue weighted by Crippen LogP contribution is 2.59. The molecule has 4 atom stereocenters. The fraction of sp³-hybridized carbons (Fsp3) is 0.476. The third kappa shape index (κ3) is 6.96. The zero-order valence-electron chi connectivity index (χ0n) is 33.0. The number of ether oxygens (including phenoxy) is 3. The molecule has 2 aromatic heterocycles. The Morgan fingerprint density at radius 2 is 1.74 bits per heavy atom. The van der Waals surface area contributed by atoms with E-state index < -0.39 is 68.3 Å². The number of aromatic nitrogens is 4. The molecule has 4 heterocycles. The Bertz CT molecular complexity index is 2420. The predicted octanol–water partition coefficient (Wildman–Crippen LogP) is 9.47. The minimum absolute atomic E-state index is 0.0139. The van der Waals surface area contributed by atoms with Crippen LogP contribution in [0.2, 0.25) is 0 Å². The van der Waals surface area contributed by atoms with Gasteiger partial charge in [0.15, 0.2) is 5.82 Å². The number of aryl methyl sites for hydroxylation is 1. The van der Waals surface area contributed by atoms with Crippen molar-refractivity contribution in [2.24, 2.45) is 5.41 Å². The molecule has 3 fully saturated rings. The number of H-pyrrole nitrogens is 1. The van der Waals surface area contributed by atoms with E-state index in [1.165, 1.54) is 19.9 Å². The summed E-state index contributed by atoms with van der Waals surface area (Å²) in [4.78, 5) is 25.9. The van der Waals surface area contributed by atoms with Crippen LogP contribution in [0.15, 0.2) is 48.7 Å². The summed E-state index contributed by atoms with van der Waals surface area (Å²) in [7, 11) is 0. The van der Waals surface area contributed by atoms with Gasteiger partial charge in [-0.1, -0.05) is 30.3 Å². The first-order valence-corrected chi connectivity index (χ1v) is 19.1. The van der Waals surface area contributed by atoms with Crippen molar-refractivity contribution in [3.63, 3.8) is 0 Å². The minimum Gasteiger partial charge on any atom is -0.463 e. The number of fused-ring (bicyclic) bond motifs is 4. The van der Waals surface area contributed by atoms with Gasteiger partial charge in [-0.15, -0.1) is 0 Å². The van der Waals surface area contributed by atoms with Gasteiger partial charge in [0.1, 0.15) is 35.0 Å². The smallest absolute Gasteiger partial charge is 0.417 e. The van der Waals surface area contributed by atoms with E-state index in [0.29, 0.717) is 12.8 Å². The van der Waals surface area contributed by atoms with Crippen molar-refractivity contribution in [2.75, 3.05) is 31.2 Å². The molecule has 8 rings (SSSR count). The Morgan fingerprint density at radius 1 is 1.02 bits per heavy atom. The summed E-state index contributed by atoms with van der Waals surface area (Å²) in [5.41, 5.74) is -6.93. The molecule has 58 heavy (non-hydrogen) atoms. The second-order valence-electron chi connectivity index (χ2n) is 17.4. The van der Waals surface area contributed by atoms with E-state index in [0.717, 1.165) is 17.8 Å². The van der Waals surface area contributed by atoms with Gasteiger partial charge < -0.3 is 19.1 Å². The van der Waals surface area contributed by atoms with E-state index in [-0.39, 0.29) is 79.1 Å². The second-order valence-corrected chi connectivity index (χ2v) is 17.4. The molecule has 0 radical (unpaired) electrons. The van der Waals surface area contributed by atoms with Crippen molar-refractivity contribution in [1.29, 1.82) is 0 Å². The van der Waals surface area contributed by atoms with Crippen molar-refractivity contribution >= 4 is 33.7 Å². The Balaban J connectivity index is 1.22. The number of amides is 1. The van der Waals surface area contributed by atoms with Crippen LogP contribution < -0.4 is 9.64 Å². The van der Waals surface area contributed by atoms with Gasteiger partial charge in [0.05, 0.1) is 53.0 Å². The second kappa shape index (κ2) is 13.7. The molecule has 2 aliphatic heterocycles. The average Bonchev–Trinajstić information content (AvgIpc) is 3.34. The van der Waals surface area contributed by atoms with Crippen LogP contribution >= 0.6 is 0 Å². The van der Waals surface area contributed by atoms with Crippen molar-refractivity contribution < 1.29 is 45.3 Å². The maximum atomic E-state index is 17.2. The molecule has 1 saturated carbocycles. The molecule has 0 spiro atoms. The Labute approximate surface area is 330 Å². The number of hydrogen-bond donors (Lipinski definition) is 1. The van der Waals surface area contributed by atoms with Crippen LogP contribution in [0.25, 0.3) is 32.9 Å². The predicted molar refractivity (Wildman–Crippen MR) is 204 cm³/mol. The van der Waals surface area contributed by atoms with Crippen LogP contribution in [-0.2, 0) is 22.3 Å². The summed E-state index contributed by atoms with van der Waals surface area (Å²) >= 11 is 0. The highest BCUT2D eigenvalue weighted by atomic mass is 19.4. The number of nitrogens with zero attached hydrogens (tertiary/aromatic N) is 5. The fourth-order valence-electron chi connectivity index (χ4n) is 8.79. The van der Waals surface area contributed by atoms with Crippen molar-refractivity contribution in [2.45, 2.75) is 96.4 Å². The van der Waals surface area contributed by atoms with Crippen LogP contribution in [-0.4, -0.2) is 80.3 Å². The summed E-state index contributed by atoms with van der Waals surface area (Å²) < 4.78 is 111. The fourth-order valence-corrected chi connectivity index (χ4v) is 8.79.